The molecule has 4 heteroatoms. The van der Waals surface area contributed by atoms with Gasteiger partial charge in [0.15, 0.2) is 0 Å². The fourth-order valence-corrected chi connectivity index (χ4v) is 2.32. The molecular weight excluding hydrogens is 256 g/mol. The van der Waals surface area contributed by atoms with Gasteiger partial charge >= 0.3 is 0 Å². The molecule has 0 unspecified atom stereocenters. The lowest BCUT2D eigenvalue weighted by Crippen LogP contribution is -2.23. The second kappa shape index (κ2) is 6.68. The molecule has 2 aromatic rings. The van der Waals surface area contributed by atoms with Gasteiger partial charge < -0.3 is 10.1 Å². The van der Waals surface area contributed by atoms with Crippen LogP contribution >= 0.6 is 11.3 Å². The van der Waals surface area contributed by atoms with Gasteiger partial charge in [0, 0.05) is 23.2 Å². The van der Waals surface area contributed by atoms with Crippen molar-refractivity contribution >= 4 is 11.3 Å². The molecule has 0 radical (unpaired) electrons. The van der Waals surface area contributed by atoms with E-state index in [0.717, 1.165) is 23.7 Å². The summed E-state index contributed by atoms with van der Waals surface area (Å²) in [5, 5.41) is 5.45. The third-order valence-electron chi connectivity index (χ3n) is 2.70. The molecule has 0 aliphatic heterocycles. The van der Waals surface area contributed by atoms with Crippen LogP contribution in [0.5, 0.6) is 5.75 Å². The Morgan fingerprint density at radius 3 is 2.84 bits per heavy atom. The van der Waals surface area contributed by atoms with Crippen molar-refractivity contribution in [2.45, 2.75) is 40.0 Å². The van der Waals surface area contributed by atoms with E-state index >= 15 is 0 Å². The molecule has 0 aliphatic rings. The molecule has 0 aliphatic carbocycles. The molecule has 0 saturated carbocycles. The van der Waals surface area contributed by atoms with Crippen molar-refractivity contribution in [1.82, 2.24) is 10.3 Å². The molecule has 0 spiro atoms. The normalized spacial score (nSPS) is 10.9. The number of aryl methyl sites for hydroxylation is 1. The summed E-state index contributed by atoms with van der Waals surface area (Å²) >= 11 is 1.71. The first-order valence-corrected chi connectivity index (χ1v) is 7.38. The van der Waals surface area contributed by atoms with Gasteiger partial charge in [-0.1, -0.05) is 19.9 Å². The molecular formula is C15H20N2OS. The van der Waals surface area contributed by atoms with Crippen molar-refractivity contribution in [3.63, 3.8) is 0 Å². The van der Waals surface area contributed by atoms with E-state index in [1.54, 1.807) is 11.3 Å². The van der Waals surface area contributed by atoms with Gasteiger partial charge in [-0.2, -0.15) is 0 Å². The number of rotatable bonds is 6. The first kappa shape index (κ1) is 14.0. The predicted molar refractivity (Wildman–Crippen MR) is 79.6 cm³/mol. The van der Waals surface area contributed by atoms with Crippen LogP contribution in [0.1, 0.15) is 30.1 Å². The van der Waals surface area contributed by atoms with Gasteiger partial charge in [-0.15, -0.1) is 11.3 Å². The molecule has 3 nitrogen and oxygen atoms in total. The highest BCUT2D eigenvalue weighted by Crippen LogP contribution is 2.20. The number of nitrogens with one attached hydrogen (secondary N) is 1. The Bertz CT molecular complexity index is 509. The minimum absolute atomic E-state index is 0.437. The van der Waals surface area contributed by atoms with Gasteiger partial charge in [0.25, 0.3) is 0 Å². The fraction of sp³-hybridized carbons (Fsp3) is 0.400. The van der Waals surface area contributed by atoms with Crippen LogP contribution in [-0.2, 0) is 13.2 Å². The van der Waals surface area contributed by atoms with Crippen molar-refractivity contribution in [1.29, 1.82) is 0 Å². The fourth-order valence-electron chi connectivity index (χ4n) is 1.70. The standard InChI is InChI=1S/C15H20N2OS/c1-11(2)16-9-14-15(7-6-12(3)17-14)18-10-13-5-4-8-19-13/h4-8,11,16H,9-10H2,1-3H3. The largest absolute Gasteiger partial charge is 0.486 e. The number of nitrogens with zero attached hydrogens (tertiary/aromatic N) is 1. The average Bonchev–Trinajstić information content (AvgIpc) is 2.88. The van der Waals surface area contributed by atoms with Crippen LogP contribution < -0.4 is 10.1 Å². The van der Waals surface area contributed by atoms with Gasteiger partial charge in [-0.05, 0) is 30.5 Å². The monoisotopic (exact) mass is 276 g/mol. The molecule has 1 N–H and O–H groups in total. The summed E-state index contributed by atoms with van der Waals surface area (Å²) in [6.07, 6.45) is 0. The summed E-state index contributed by atoms with van der Waals surface area (Å²) in [5.41, 5.74) is 1.99. The Morgan fingerprint density at radius 1 is 1.32 bits per heavy atom. The van der Waals surface area contributed by atoms with Crippen LogP contribution in [0, 0.1) is 6.92 Å². The maximum atomic E-state index is 5.88. The van der Waals surface area contributed by atoms with Gasteiger partial charge in [-0.25, -0.2) is 0 Å². The van der Waals surface area contributed by atoms with E-state index < -0.39 is 0 Å². The molecule has 0 atom stereocenters. The first-order chi connectivity index (χ1) is 9.15. The second-order valence-electron chi connectivity index (χ2n) is 4.80. The molecule has 2 rings (SSSR count). The zero-order valence-corrected chi connectivity index (χ0v) is 12.5. The maximum absolute atomic E-state index is 5.88. The average molecular weight is 276 g/mol. The van der Waals surface area contributed by atoms with Crippen molar-refractivity contribution in [2.24, 2.45) is 0 Å². The number of hydrogen-bond acceptors (Lipinski definition) is 4. The van der Waals surface area contributed by atoms with E-state index in [4.69, 9.17) is 4.74 Å². The molecule has 2 aromatic heterocycles. The molecule has 102 valence electrons. The Hall–Kier alpha value is -1.39. The maximum Gasteiger partial charge on any atom is 0.142 e. The van der Waals surface area contributed by atoms with Gasteiger partial charge in [0.2, 0.25) is 0 Å². The van der Waals surface area contributed by atoms with Crippen LogP contribution in [0.2, 0.25) is 0 Å². The molecule has 0 saturated heterocycles. The quantitative estimate of drug-likeness (QED) is 0.876. The third kappa shape index (κ3) is 4.33. The van der Waals surface area contributed by atoms with Gasteiger partial charge in [-0.3, -0.25) is 4.98 Å². The molecule has 0 bridgehead atoms. The van der Waals surface area contributed by atoms with Crippen molar-refractivity contribution in [3.8, 4) is 5.75 Å². The first-order valence-electron chi connectivity index (χ1n) is 6.50. The number of thiophene rings is 1. The second-order valence-corrected chi connectivity index (χ2v) is 5.83. The van der Waals surface area contributed by atoms with Gasteiger partial charge in [0.1, 0.15) is 12.4 Å². The summed E-state index contributed by atoms with van der Waals surface area (Å²) in [4.78, 5) is 5.79. The highest BCUT2D eigenvalue weighted by atomic mass is 32.1. The van der Waals surface area contributed by atoms with Crippen LogP contribution in [0.15, 0.2) is 29.6 Å². The van der Waals surface area contributed by atoms with E-state index in [1.165, 1.54) is 4.88 Å². The molecule has 19 heavy (non-hydrogen) atoms. The third-order valence-corrected chi connectivity index (χ3v) is 3.55. The number of pyridine rings is 1. The van der Waals surface area contributed by atoms with Crippen molar-refractivity contribution in [2.75, 3.05) is 0 Å². The molecule has 2 heterocycles. The van der Waals surface area contributed by atoms with Crippen molar-refractivity contribution in [3.05, 3.63) is 45.9 Å². The summed E-state index contributed by atoms with van der Waals surface area (Å²) in [6, 6.07) is 8.55. The minimum atomic E-state index is 0.437. The topological polar surface area (TPSA) is 34.1 Å². The SMILES string of the molecule is Cc1ccc(OCc2cccs2)c(CNC(C)C)n1. The van der Waals surface area contributed by atoms with Crippen LogP contribution in [0.25, 0.3) is 0 Å². The lowest BCUT2D eigenvalue weighted by Gasteiger charge is -2.13. The van der Waals surface area contributed by atoms with E-state index in [9.17, 15) is 0 Å². The van der Waals surface area contributed by atoms with E-state index in [-0.39, 0.29) is 0 Å². The summed E-state index contributed by atoms with van der Waals surface area (Å²) in [6.45, 7) is 7.60. The van der Waals surface area contributed by atoms with Gasteiger partial charge in [0.05, 0.1) is 5.69 Å². The zero-order chi connectivity index (χ0) is 13.7. The summed E-state index contributed by atoms with van der Waals surface area (Å²) in [7, 11) is 0. The number of hydrogen-bond donors (Lipinski definition) is 1. The Kier molecular flexibility index (Phi) is 4.93. The lowest BCUT2D eigenvalue weighted by molar-refractivity contribution is 0.303. The number of aromatic nitrogens is 1. The highest BCUT2D eigenvalue weighted by Gasteiger charge is 2.07. The Labute approximate surface area is 118 Å². The van der Waals surface area contributed by atoms with Crippen molar-refractivity contribution < 1.29 is 4.74 Å². The Balaban J connectivity index is 2.05. The van der Waals surface area contributed by atoms with Crippen LogP contribution in [-0.4, -0.2) is 11.0 Å². The minimum Gasteiger partial charge on any atom is -0.486 e. The van der Waals surface area contributed by atoms with Crippen LogP contribution in [0.3, 0.4) is 0 Å². The van der Waals surface area contributed by atoms with Crippen LogP contribution in [0.4, 0.5) is 0 Å². The zero-order valence-electron chi connectivity index (χ0n) is 11.6. The molecule has 0 amide bonds. The molecule has 0 aromatic carbocycles. The summed E-state index contributed by atoms with van der Waals surface area (Å²) in [5.74, 6) is 0.868. The Morgan fingerprint density at radius 2 is 2.16 bits per heavy atom. The summed E-state index contributed by atoms with van der Waals surface area (Å²) < 4.78 is 5.88. The number of ether oxygens (including phenoxy) is 1. The smallest absolute Gasteiger partial charge is 0.142 e. The van der Waals surface area contributed by atoms with E-state index in [0.29, 0.717) is 12.6 Å². The van der Waals surface area contributed by atoms with E-state index in [2.05, 4.69) is 35.6 Å². The highest BCUT2D eigenvalue weighted by molar-refractivity contribution is 7.09. The van der Waals surface area contributed by atoms with E-state index in [1.807, 2.05) is 25.1 Å². The lowest BCUT2D eigenvalue weighted by atomic mass is 10.2. The molecule has 0 fully saturated rings. The predicted octanol–water partition coefficient (Wildman–Crippen LogP) is 3.53.